The van der Waals surface area contributed by atoms with Crippen molar-refractivity contribution in [1.82, 2.24) is 0 Å². The van der Waals surface area contributed by atoms with Crippen LogP contribution in [-0.2, 0) is 6.42 Å². The summed E-state index contributed by atoms with van der Waals surface area (Å²) in [5, 5.41) is 0. The number of nitrogens with two attached hydrogens (primary N) is 1. The van der Waals surface area contributed by atoms with Crippen LogP contribution in [0, 0.1) is 0 Å². The first-order chi connectivity index (χ1) is 12.3. The van der Waals surface area contributed by atoms with Gasteiger partial charge < -0.3 is 15.5 Å². The molecular formula is C22H23N3. The number of nitrogens with zero attached hydrogens (tertiary/aromatic N) is 2. The fraction of sp³-hybridized carbons (Fsp3) is 0.182. The second-order valence-corrected chi connectivity index (χ2v) is 6.57. The summed E-state index contributed by atoms with van der Waals surface area (Å²) in [6.07, 6.45) is 1.03. The van der Waals surface area contributed by atoms with Crippen LogP contribution in [0.5, 0.6) is 0 Å². The highest BCUT2D eigenvalue weighted by Crippen LogP contribution is 2.31. The van der Waals surface area contributed by atoms with Crippen LogP contribution in [-0.4, -0.2) is 19.3 Å². The molecule has 2 N–H and O–H groups in total. The van der Waals surface area contributed by atoms with Crippen LogP contribution in [0.25, 0.3) is 0 Å². The van der Waals surface area contributed by atoms with Gasteiger partial charge >= 0.3 is 0 Å². The molecule has 0 amide bonds. The summed E-state index contributed by atoms with van der Waals surface area (Å²) in [5.41, 5.74) is 10.8. The molecule has 3 aromatic carbocycles. The van der Waals surface area contributed by atoms with E-state index < -0.39 is 0 Å². The third kappa shape index (κ3) is 3.31. The van der Waals surface area contributed by atoms with E-state index in [4.69, 9.17) is 5.73 Å². The maximum absolute atomic E-state index is 6.22. The van der Waals surface area contributed by atoms with Crippen molar-refractivity contribution in [1.29, 1.82) is 0 Å². The molecule has 1 heterocycles. The zero-order chi connectivity index (χ0) is 17.1. The largest absolute Gasteiger partial charge is 0.397 e. The highest BCUT2D eigenvalue weighted by molar-refractivity contribution is 5.69. The van der Waals surface area contributed by atoms with Crippen LogP contribution in [0.4, 0.5) is 17.1 Å². The van der Waals surface area contributed by atoms with Crippen molar-refractivity contribution in [3.63, 3.8) is 0 Å². The van der Waals surface area contributed by atoms with Crippen molar-refractivity contribution < 1.29 is 0 Å². The third-order valence-corrected chi connectivity index (χ3v) is 4.87. The fourth-order valence-electron chi connectivity index (χ4n) is 3.63. The summed E-state index contributed by atoms with van der Waals surface area (Å²) in [5.74, 6) is 0. The summed E-state index contributed by atoms with van der Waals surface area (Å²) in [6, 6.07) is 30.0. The molecule has 3 heteroatoms. The van der Waals surface area contributed by atoms with E-state index in [1.165, 1.54) is 11.3 Å². The van der Waals surface area contributed by atoms with E-state index in [1.54, 1.807) is 0 Å². The molecule has 0 bridgehead atoms. The predicted octanol–water partition coefficient (Wildman–Crippen LogP) is 4.16. The zero-order valence-electron chi connectivity index (χ0n) is 14.3. The number of hydrogen-bond acceptors (Lipinski definition) is 3. The van der Waals surface area contributed by atoms with Crippen LogP contribution in [0.1, 0.15) is 5.56 Å². The maximum atomic E-state index is 6.22. The SMILES string of the molecule is Nc1ccccc1N1C[C@H](Cc2ccccc2)N(c2ccccc2)C1. The molecule has 1 fully saturated rings. The Morgan fingerprint density at radius 2 is 1.44 bits per heavy atom. The van der Waals surface area contributed by atoms with E-state index in [0.717, 1.165) is 31.0 Å². The Labute approximate surface area is 149 Å². The lowest BCUT2D eigenvalue weighted by atomic mass is 10.0. The Balaban J connectivity index is 1.63. The molecule has 25 heavy (non-hydrogen) atoms. The summed E-state index contributed by atoms with van der Waals surface area (Å²) in [4.78, 5) is 4.87. The Bertz CT molecular complexity index is 817. The average molecular weight is 329 g/mol. The minimum atomic E-state index is 0.421. The number of hydrogen-bond donors (Lipinski definition) is 1. The summed E-state index contributed by atoms with van der Waals surface area (Å²) >= 11 is 0. The van der Waals surface area contributed by atoms with E-state index >= 15 is 0 Å². The fourth-order valence-corrected chi connectivity index (χ4v) is 3.63. The van der Waals surface area contributed by atoms with Crippen molar-refractivity contribution >= 4 is 17.1 Å². The summed E-state index contributed by atoms with van der Waals surface area (Å²) in [6.45, 7) is 1.83. The molecule has 3 aromatic rings. The van der Waals surface area contributed by atoms with Crippen LogP contribution in [0.15, 0.2) is 84.9 Å². The molecule has 0 unspecified atom stereocenters. The molecule has 1 aliphatic rings. The van der Waals surface area contributed by atoms with Gasteiger partial charge in [0.25, 0.3) is 0 Å². The standard InChI is InChI=1S/C22H23N3/c23-21-13-7-8-14-22(21)24-16-20(15-18-9-3-1-4-10-18)25(17-24)19-11-5-2-6-12-19/h1-14,20H,15-17,23H2/t20-/m0/s1. The molecule has 3 nitrogen and oxygen atoms in total. The second-order valence-electron chi connectivity index (χ2n) is 6.57. The van der Waals surface area contributed by atoms with Gasteiger partial charge in [-0.05, 0) is 36.2 Å². The van der Waals surface area contributed by atoms with Crippen molar-refractivity contribution in [3.05, 3.63) is 90.5 Å². The predicted molar refractivity (Wildman–Crippen MR) is 106 cm³/mol. The van der Waals surface area contributed by atoms with E-state index in [9.17, 15) is 0 Å². The Kier molecular flexibility index (Phi) is 4.30. The molecule has 1 saturated heterocycles. The quantitative estimate of drug-likeness (QED) is 0.729. The van der Waals surface area contributed by atoms with Gasteiger partial charge in [0.15, 0.2) is 0 Å². The molecule has 1 atom stereocenters. The van der Waals surface area contributed by atoms with Gasteiger partial charge in [-0.25, -0.2) is 0 Å². The van der Waals surface area contributed by atoms with Crippen LogP contribution < -0.4 is 15.5 Å². The van der Waals surface area contributed by atoms with Gasteiger partial charge in [0.05, 0.1) is 24.1 Å². The highest BCUT2D eigenvalue weighted by Gasteiger charge is 2.31. The van der Waals surface area contributed by atoms with Gasteiger partial charge in [-0.2, -0.15) is 0 Å². The summed E-state index contributed by atoms with van der Waals surface area (Å²) in [7, 11) is 0. The number of para-hydroxylation sites is 3. The van der Waals surface area contributed by atoms with E-state index in [1.807, 2.05) is 12.1 Å². The smallest absolute Gasteiger partial charge is 0.0908 e. The number of nitrogen functional groups attached to an aromatic ring is 1. The van der Waals surface area contributed by atoms with Crippen molar-refractivity contribution in [3.8, 4) is 0 Å². The Morgan fingerprint density at radius 1 is 0.800 bits per heavy atom. The van der Waals surface area contributed by atoms with Crippen LogP contribution in [0.3, 0.4) is 0 Å². The second kappa shape index (κ2) is 6.89. The molecule has 0 aliphatic carbocycles. The molecular weight excluding hydrogens is 306 g/mol. The van der Waals surface area contributed by atoms with Crippen LogP contribution in [0.2, 0.25) is 0 Å². The number of benzene rings is 3. The first kappa shape index (κ1) is 15.6. The maximum Gasteiger partial charge on any atom is 0.0908 e. The normalized spacial score (nSPS) is 17.0. The van der Waals surface area contributed by atoms with Gasteiger partial charge in [0, 0.05) is 12.2 Å². The molecule has 1 aliphatic heterocycles. The molecule has 0 aromatic heterocycles. The van der Waals surface area contributed by atoms with Crippen molar-refractivity contribution in [2.45, 2.75) is 12.5 Å². The number of rotatable bonds is 4. The molecule has 0 radical (unpaired) electrons. The van der Waals surface area contributed by atoms with Crippen LogP contribution >= 0.6 is 0 Å². The summed E-state index contributed by atoms with van der Waals surface area (Å²) < 4.78 is 0. The average Bonchev–Trinajstić information content (AvgIpc) is 3.07. The van der Waals surface area contributed by atoms with E-state index in [2.05, 4.69) is 82.6 Å². The van der Waals surface area contributed by atoms with Crippen molar-refractivity contribution in [2.24, 2.45) is 0 Å². The van der Waals surface area contributed by atoms with Gasteiger partial charge in [-0.15, -0.1) is 0 Å². The highest BCUT2D eigenvalue weighted by atomic mass is 15.4. The lowest BCUT2D eigenvalue weighted by Gasteiger charge is -2.25. The minimum Gasteiger partial charge on any atom is -0.397 e. The number of anilines is 3. The first-order valence-corrected chi connectivity index (χ1v) is 8.76. The molecule has 0 spiro atoms. The molecule has 0 saturated carbocycles. The lowest BCUT2D eigenvalue weighted by Crippen LogP contribution is -2.32. The van der Waals surface area contributed by atoms with Gasteiger partial charge in [0.2, 0.25) is 0 Å². The zero-order valence-corrected chi connectivity index (χ0v) is 14.3. The Morgan fingerprint density at radius 3 is 2.16 bits per heavy atom. The molecule has 126 valence electrons. The minimum absolute atomic E-state index is 0.421. The topological polar surface area (TPSA) is 32.5 Å². The lowest BCUT2D eigenvalue weighted by molar-refractivity contribution is 0.700. The van der Waals surface area contributed by atoms with Gasteiger partial charge in [-0.3, -0.25) is 0 Å². The Hall–Kier alpha value is -2.94. The molecule has 4 rings (SSSR count). The monoisotopic (exact) mass is 329 g/mol. The van der Waals surface area contributed by atoms with Crippen molar-refractivity contribution in [2.75, 3.05) is 28.7 Å². The van der Waals surface area contributed by atoms with E-state index in [-0.39, 0.29) is 0 Å². The van der Waals surface area contributed by atoms with Gasteiger partial charge in [-0.1, -0.05) is 60.7 Å². The first-order valence-electron chi connectivity index (χ1n) is 8.76. The van der Waals surface area contributed by atoms with E-state index in [0.29, 0.717) is 6.04 Å². The third-order valence-electron chi connectivity index (χ3n) is 4.87. The van der Waals surface area contributed by atoms with Gasteiger partial charge in [0.1, 0.15) is 0 Å².